The van der Waals surface area contributed by atoms with Crippen molar-refractivity contribution in [2.75, 3.05) is 25.6 Å². The van der Waals surface area contributed by atoms with Crippen LogP contribution >= 0.6 is 0 Å². The predicted octanol–water partition coefficient (Wildman–Crippen LogP) is 2.23. The number of hydrogen-bond donors (Lipinski definition) is 0. The fourth-order valence-corrected chi connectivity index (χ4v) is 1.67. The minimum Gasteiger partial charge on any atom is -0.462 e. The summed E-state index contributed by atoms with van der Waals surface area (Å²) in [6.45, 7) is 1.72. The van der Waals surface area contributed by atoms with Gasteiger partial charge in [-0.2, -0.15) is 10.5 Å². The molecule has 0 saturated carbocycles. The third-order valence-corrected chi connectivity index (χ3v) is 2.66. The van der Waals surface area contributed by atoms with Crippen molar-refractivity contribution in [3.63, 3.8) is 0 Å². The summed E-state index contributed by atoms with van der Waals surface area (Å²) in [5.74, 6) is -1.60. The zero-order valence-electron chi connectivity index (χ0n) is 12.0. The Bertz CT molecular complexity index is 667. The van der Waals surface area contributed by atoms with Gasteiger partial charge in [0.15, 0.2) is 0 Å². The fourth-order valence-electron chi connectivity index (χ4n) is 1.67. The number of esters is 1. The number of rotatable bonds is 4. The molecular weight excluding hydrogens is 273 g/mol. The van der Waals surface area contributed by atoms with Crippen LogP contribution < -0.4 is 4.90 Å². The predicted molar refractivity (Wildman–Crippen MR) is 75.7 cm³/mol. The molecule has 0 N–H and O–H groups in total. The van der Waals surface area contributed by atoms with Crippen LogP contribution in [0.2, 0.25) is 0 Å². The Morgan fingerprint density at radius 1 is 1.43 bits per heavy atom. The van der Waals surface area contributed by atoms with Crippen LogP contribution in [0, 0.1) is 28.5 Å². The molecule has 0 fully saturated rings. The summed E-state index contributed by atoms with van der Waals surface area (Å²) in [5.41, 5.74) is -0.0595. The highest BCUT2D eigenvalue weighted by atomic mass is 19.1. The van der Waals surface area contributed by atoms with E-state index in [-0.39, 0.29) is 23.3 Å². The van der Waals surface area contributed by atoms with Gasteiger partial charge in [0, 0.05) is 19.7 Å². The number of benzene rings is 1. The van der Waals surface area contributed by atoms with Crippen LogP contribution in [0.25, 0.3) is 6.08 Å². The van der Waals surface area contributed by atoms with Gasteiger partial charge in [0.1, 0.15) is 29.1 Å². The van der Waals surface area contributed by atoms with Gasteiger partial charge in [-0.25, -0.2) is 9.18 Å². The van der Waals surface area contributed by atoms with Gasteiger partial charge in [0.25, 0.3) is 0 Å². The maximum Gasteiger partial charge on any atom is 0.348 e. The average molecular weight is 287 g/mol. The van der Waals surface area contributed by atoms with E-state index < -0.39 is 11.8 Å². The number of nitriles is 2. The Morgan fingerprint density at radius 3 is 2.57 bits per heavy atom. The molecule has 0 atom stereocenters. The van der Waals surface area contributed by atoms with Gasteiger partial charge in [0.2, 0.25) is 0 Å². The lowest BCUT2D eigenvalue weighted by atomic mass is 10.0. The van der Waals surface area contributed by atoms with Gasteiger partial charge < -0.3 is 9.64 Å². The third-order valence-electron chi connectivity index (χ3n) is 2.66. The van der Waals surface area contributed by atoms with E-state index in [0.717, 1.165) is 6.08 Å². The van der Waals surface area contributed by atoms with Crippen molar-refractivity contribution in [2.24, 2.45) is 0 Å². The summed E-state index contributed by atoms with van der Waals surface area (Å²) in [4.78, 5) is 13.1. The quantitative estimate of drug-likeness (QED) is 0.482. The maximum atomic E-state index is 14.3. The van der Waals surface area contributed by atoms with Gasteiger partial charge in [-0.1, -0.05) is 0 Å². The van der Waals surface area contributed by atoms with Crippen molar-refractivity contribution in [1.82, 2.24) is 0 Å². The summed E-state index contributed by atoms with van der Waals surface area (Å²) in [6.07, 6.45) is 1.08. The first-order valence-corrected chi connectivity index (χ1v) is 6.15. The number of hydrogen-bond acceptors (Lipinski definition) is 5. The molecule has 0 aliphatic rings. The summed E-state index contributed by atoms with van der Waals surface area (Å²) < 4.78 is 19.0. The minimum atomic E-state index is -0.824. The zero-order valence-corrected chi connectivity index (χ0v) is 12.0. The number of halogens is 1. The van der Waals surface area contributed by atoms with E-state index in [2.05, 4.69) is 0 Å². The Hall–Kier alpha value is -2.86. The average Bonchev–Trinajstić information content (AvgIpc) is 2.45. The van der Waals surface area contributed by atoms with Crippen molar-refractivity contribution >= 4 is 17.7 Å². The van der Waals surface area contributed by atoms with Crippen LogP contribution in [0.5, 0.6) is 0 Å². The highest BCUT2D eigenvalue weighted by Gasteiger charge is 2.16. The number of ether oxygens (including phenoxy) is 1. The number of carbonyl (C=O) groups is 1. The lowest BCUT2D eigenvalue weighted by Gasteiger charge is -2.15. The Labute approximate surface area is 122 Å². The molecular formula is C15H14FN3O2. The number of anilines is 1. The molecule has 0 amide bonds. The Morgan fingerprint density at radius 2 is 2.10 bits per heavy atom. The van der Waals surface area contributed by atoms with E-state index in [1.54, 1.807) is 44.1 Å². The van der Waals surface area contributed by atoms with Crippen LogP contribution in [-0.4, -0.2) is 26.7 Å². The molecule has 0 radical (unpaired) electrons. The van der Waals surface area contributed by atoms with Crippen molar-refractivity contribution in [3.05, 3.63) is 34.6 Å². The molecule has 0 aliphatic carbocycles. The molecule has 6 heteroatoms. The summed E-state index contributed by atoms with van der Waals surface area (Å²) in [6, 6.07) is 6.40. The first-order chi connectivity index (χ1) is 9.96. The van der Waals surface area contributed by atoms with Gasteiger partial charge in [-0.05, 0) is 25.1 Å². The zero-order chi connectivity index (χ0) is 16.0. The highest BCUT2D eigenvalue weighted by molar-refractivity contribution is 5.98. The second-order valence-corrected chi connectivity index (χ2v) is 4.26. The molecule has 0 bridgehead atoms. The van der Waals surface area contributed by atoms with Gasteiger partial charge in [0.05, 0.1) is 12.3 Å². The van der Waals surface area contributed by atoms with Crippen molar-refractivity contribution in [1.29, 1.82) is 10.5 Å². The first-order valence-electron chi connectivity index (χ1n) is 6.15. The van der Waals surface area contributed by atoms with Gasteiger partial charge in [-0.15, -0.1) is 0 Å². The number of carbonyl (C=O) groups excluding carboxylic acids is 1. The Balaban J connectivity index is 3.37. The molecule has 5 nitrogen and oxygen atoms in total. The lowest BCUT2D eigenvalue weighted by Crippen LogP contribution is -2.12. The molecule has 1 aromatic carbocycles. The summed E-state index contributed by atoms with van der Waals surface area (Å²) in [7, 11) is 3.37. The summed E-state index contributed by atoms with van der Waals surface area (Å²) in [5, 5.41) is 18.0. The molecule has 108 valence electrons. The maximum absolute atomic E-state index is 14.3. The third kappa shape index (κ3) is 3.58. The molecule has 0 aliphatic heterocycles. The fraction of sp³-hybridized carbons (Fsp3) is 0.267. The molecule has 0 heterocycles. The van der Waals surface area contributed by atoms with E-state index in [9.17, 15) is 9.18 Å². The van der Waals surface area contributed by atoms with Crippen LogP contribution in [0.15, 0.2) is 17.7 Å². The Kier molecular flexibility index (Phi) is 5.45. The molecule has 1 aromatic rings. The van der Waals surface area contributed by atoms with Gasteiger partial charge >= 0.3 is 5.97 Å². The topological polar surface area (TPSA) is 77.1 Å². The summed E-state index contributed by atoms with van der Waals surface area (Å²) >= 11 is 0. The SMILES string of the molecule is CCOC(=O)/C(C#N)=C/c1ccc(N(C)C)c(C#N)c1F. The highest BCUT2D eigenvalue weighted by Crippen LogP contribution is 2.25. The standard InChI is InChI=1S/C15H14FN3O2/c1-4-21-15(20)11(8-17)7-10-5-6-13(19(2)3)12(9-18)14(10)16/h5-7H,4H2,1-3H3/b11-7+. The van der Waals surface area contributed by atoms with E-state index in [0.29, 0.717) is 5.69 Å². The van der Waals surface area contributed by atoms with Gasteiger partial charge in [-0.3, -0.25) is 0 Å². The molecule has 0 aromatic heterocycles. The second kappa shape index (κ2) is 7.06. The van der Waals surface area contributed by atoms with Crippen molar-refractivity contribution in [3.8, 4) is 12.1 Å². The lowest BCUT2D eigenvalue weighted by molar-refractivity contribution is -0.137. The first kappa shape index (κ1) is 16.2. The van der Waals surface area contributed by atoms with E-state index in [1.165, 1.54) is 6.07 Å². The monoisotopic (exact) mass is 287 g/mol. The largest absolute Gasteiger partial charge is 0.462 e. The van der Waals surface area contributed by atoms with E-state index >= 15 is 0 Å². The van der Waals surface area contributed by atoms with Crippen LogP contribution in [0.1, 0.15) is 18.1 Å². The minimum absolute atomic E-state index is 0.0123. The number of nitrogens with zero attached hydrogens (tertiary/aromatic N) is 3. The van der Waals surface area contributed by atoms with Crippen LogP contribution in [0.4, 0.5) is 10.1 Å². The smallest absolute Gasteiger partial charge is 0.348 e. The second-order valence-electron chi connectivity index (χ2n) is 4.26. The normalized spacial score (nSPS) is 10.5. The van der Waals surface area contributed by atoms with E-state index in [4.69, 9.17) is 15.3 Å². The molecule has 0 spiro atoms. The van der Waals surface area contributed by atoms with Crippen LogP contribution in [0.3, 0.4) is 0 Å². The molecule has 21 heavy (non-hydrogen) atoms. The van der Waals surface area contributed by atoms with Crippen molar-refractivity contribution in [2.45, 2.75) is 6.92 Å². The van der Waals surface area contributed by atoms with Crippen molar-refractivity contribution < 1.29 is 13.9 Å². The molecule has 0 unspecified atom stereocenters. The van der Waals surface area contributed by atoms with E-state index in [1.807, 2.05) is 0 Å². The van der Waals surface area contributed by atoms with Crippen LogP contribution in [-0.2, 0) is 9.53 Å². The molecule has 1 rings (SSSR count). The molecule has 0 saturated heterocycles.